The highest BCUT2D eigenvalue weighted by molar-refractivity contribution is 9.10. The maximum atomic E-state index is 9.01. The molecule has 5 nitrogen and oxygen atoms in total. The smallest absolute Gasteiger partial charge is 0.173 e. The van der Waals surface area contributed by atoms with Gasteiger partial charge in [-0.2, -0.15) is 0 Å². The van der Waals surface area contributed by atoms with Gasteiger partial charge in [-0.15, -0.1) is 0 Å². The van der Waals surface area contributed by atoms with Crippen LogP contribution in [-0.4, -0.2) is 49.2 Å². The predicted octanol–water partition coefficient (Wildman–Crippen LogP) is 2.46. The molecule has 0 radical (unpaired) electrons. The van der Waals surface area contributed by atoms with Gasteiger partial charge in [0.2, 0.25) is 0 Å². The molecule has 1 aliphatic carbocycles. The van der Waals surface area contributed by atoms with E-state index < -0.39 is 0 Å². The van der Waals surface area contributed by atoms with E-state index in [9.17, 15) is 0 Å². The molecule has 0 heterocycles. The first-order valence-corrected chi connectivity index (χ1v) is 7.85. The van der Waals surface area contributed by atoms with E-state index in [-0.39, 0.29) is 11.4 Å². The van der Waals surface area contributed by atoms with Crippen LogP contribution in [0.3, 0.4) is 0 Å². The van der Waals surface area contributed by atoms with E-state index in [0.29, 0.717) is 0 Å². The maximum Gasteiger partial charge on any atom is 0.173 e. The van der Waals surface area contributed by atoms with Gasteiger partial charge in [-0.1, -0.05) is 11.2 Å². The quantitative estimate of drug-likeness (QED) is 0.369. The van der Waals surface area contributed by atoms with Crippen molar-refractivity contribution in [1.29, 1.82) is 0 Å². The Labute approximate surface area is 134 Å². The standard InChI is InChI=1S/C15H23BrN4O/c1-19(2)15(8-5-9-15)10-20(3)12-7-4-6-11(16)13(12)14(17)18-21/h4,6-7,21H,5,8-10H2,1-3H3,(H2,17,18). The third kappa shape index (κ3) is 3.01. The lowest BCUT2D eigenvalue weighted by atomic mass is 9.75. The molecule has 116 valence electrons. The molecular weight excluding hydrogens is 332 g/mol. The van der Waals surface area contributed by atoms with Crippen LogP contribution in [0.2, 0.25) is 0 Å². The maximum absolute atomic E-state index is 9.01. The molecule has 2 rings (SSSR count). The van der Waals surface area contributed by atoms with Crippen LogP contribution < -0.4 is 10.6 Å². The first-order chi connectivity index (χ1) is 9.91. The number of rotatable bonds is 5. The van der Waals surface area contributed by atoms with Crippen molar-refractivity contribution >= 4 is 27.5 Å². The fourth-order valence-electron chi connectivity index (χ4n) is 2.99. The van der Waals surface area contributed by atoms with Gasteiger partial charge >= 0.3 is 0 Å². The van der Waals surface area contributed by atoms with E-state index in [1.54, 1.807) is 0 Å². The Balaban J connectivity index is 2.31. The van der Waals surface area contributed by atoms with Crippen molar-refractivity contribution in [3.63, 3.8) is 0 Å². The molecule has 1 aromatic carbocycles. The van der Waals surface area contributed by atoms with Crippen molar-refractivity contribution in [3.8, 4) is 0 Å². The van der Waals surface area contributed by atoms with Gasteiger partial charge in [-0.25, -0.2) is 0 Å². The molecule has 1 aromatic rings. The summed E-state index contributed by atoms with van der Waals surface area (Å²) in [7, 11) is 6.33. The van der Waals surface area contributed by atoms with Crippen LogP contribution in [0.1, 0.15) is 24.8 Å². The zero-order valence-electron chi connectivity index (χ0n) is 12.8. The van der Waals surface area contributed by atoms with E-state index in [4.69, 9.17) is 10.9 Å². The van der Waals surface area contributed by atoms with E-state index in [2.05, 4.69) is 52.0 Å². The summed E-state index contributed by atoms with van der Waals surface area (Å²) in [4.78, 5) is 4.51. The normalized spacial score (nSPS) is 17.7. The second-order valence-corrected chi connectivity index (χ2v) is 6.80. The summed E-state index contributed by atoms with van der Waals surface area (Å²) in [6.45, 7) is 0.919. The Morgan fingerprint density at radius 3 is 2.52 bits per heavy atom. The number of oxime groups is 1. The first kappa shape index (κ1) is 16.1. The zero-order valence-corrected chi connectivity index (χ0v) is 14.4. The summed E-state index contributed by atoms with van der Waals surface area (Å²) >= 11 is 3.49. The van der Waals surface area contributed by atoms with E-state index in [1.807, 2.05) is 18.2 Å². The van der Waals surface area contributed by atoms with Gasteiger partial charge in [-0.05, 0) is 61.4 Å². The summed E-state index contributed by atoms with van der Waals surface area (Å²) in [5, 5.41) is 12.2. The number of benzene rings is 1. The molecule has 6 heteroatoms. The minimum absolute atomic E-state index is 0.122. The Kier molecular flexibility index (Phi) is 4.78. The lowest BCUT2D eigenvalue weighted by molar-refractivity contribution is 0.0683. The van der Waals surface area contributed by atoms with Crippen LogP contribution in [0, 0.1) is 0 Å². The molecule has 0 aliphatic heterocycles. The van der Waals surface area contributed by atoms with Gasteiger partial charge in [0.1, 0.15) is 0 Å². The van der Waals surface area contributed by atoms with Gasteiger partial charge in [0.05, 0.1) is 5.56 Å². The van der Waals surface area contributed by atoms with Gasteiger partial charge in [-0.3, -0.25) is 0 Å². The Hall–Kier alpha value is -1.27. The summed E-state index contributed by atoms with van der Waals surface area (Å²) in [6, 6.07) is 5.86. The molecule has 0 aromatic heterocycles. The minimum atomic E-state index is 0.122. The summed E-state index contributed by atoms with van der Waals surface area (Å²) < 4.78 is 0.828. The molecule has 1 saturated carbocycles. The van der Waals surface area contributed by atoms with Crippen LogP contribution in [0.5, 0.6) is 0 Å². The first-order valence-electron chi connectivity index (χ1n) is 7.06. The molecule has 0 saturated heterocycles. The summed E-state index contributed by atoms with van der Waals surface area (Å²) in [5.74, 6) is 0.122. The second kappa shape index (κ2) is 6.23. The minimum Gasteiger partial charge on any atom is -0.409 e. The molecule has 0 spiro atoms. The highest BCUT2D eigenvalue weighted by Crippen LogP contribution is 2.38. The van der Waals surface area contributed by atoms with Crippen molar-refractivity contribution in [3.05, 3.63) is 28.2 Å². The lowest BCUT2D eigenvalue weighted by Crippen LogP contribution is -2.57. The molecule has 0 unspecified atom stereocenters. The summed E-state index contributed by atoms with van der Waals surface area (Å²) in [5.41, 5.74) is 7.76. The molecule has 3 N–H and O–H groups in total. The Bertz CT molecular complexity index is 540. The Morgan fingerprint density at radius 2 is 2.05 bits per heavy atom. The van der Waals surface area contributed by atoms with Crippen LogP contribution in [0.25, 0.3) is 0 Å². The SMILES string of the molecule is CN(CC1(N(C)C)CCC1)c1cccc(Br)c1/C(N)=N/O. The van der Waals surface area contributed by atoms with Gasteiger partial charge < -0.3 is 20.7 Å². The van der Waals surface area contributed by atoms with Crippen molar-refractivity contribution in [2.45, 2.75) is 24.8 Å². The Morgan fingerprint density at radius 1 is 1.38 bits per heavy atom. The number of hydrogen-bond acceptors (Lipinski definition) is 4. The number of halogens is 1. The van der Waals surface area contributed by atoms with E-state index in [1.165, 1.54) is 19.3 Å². The molecule has 0 atom stereocenters. The van der Waals surface area contributed by atoms with E-state index in [0.717, 1.165) is 22.3 Å². The van der Waals surface area contributed by atoms with Gasteiger partial charge in [0, 0.05) is 29.3 Å². The third-order valence-corrected chi connectivity index (χ3v) is 5.19. The number of anilines is 1. The topological polar surface area (TPSA) is 65.1 Å². The average Bonchev–Trinajstić information content (AvgIpc) is 2.41. The number of likely N-dealkylation sites (N-methyl/N-ethyl adjacent to an activating group) is 2. The molecule has 0 amide bonds. The van der Waals surface area contributed by atoms with Crippen molar-refractivity contribution in [2.24, 2.45) is 10.9 Å². The fraction of sp³-hybridized carbons (Fsp3) is 0.533. The highest BCUT2D eigenvalue weighted by atomic mass is 79.9. The second-order valence-electron chi connectivity index (χ2n) is 5.95. The fourth-order valence-corrected chi connectivity index (χ4v) is 3.55. The van der Waals surface area contributed by atoms with Crippen molar-refractivity contribution in [2.75, 3.05) is 32.6 Å². The lowest BCUT2D eigenvalue weighted by Gasteiger charge is -2.49. The van der Waals surface area contributed by atoms with Crippen molar-refractivity contribution < 1.29 is 5.21 Å². The molecule has 1 aliphatic rings. The third-order valence-electron chi connectivity index (χ3n) is 4.53. The number of amidine groups is 1. The van der Waals surface area contributed by atoms with Crippen LogP contribution in [0.4, 0.5) is 5.69 Å². The predicted molar refractivity (Wildman–Crippen MR) is 90.2 cm³/mol. The van der Waals surface area contributed by atoms with Crippen LogP contribution in [0.15, 0.2) is 27.8 Å². The van der Waals surface area contributed by atoms with Crippen LogP contribution in [-0.2, 0) is 0 Å². The van der Waals surface area contributed by atoms with Crippen molar-refractivity contribution in [1.82, 2.24) is 4.90 Å². The monoisotopic (exact) mass is 354 g/mol. The van der Waals surface area contributed by atoms with Crippen LogP contribution >= 0.6 is 15.9 Å². The highest BCUT2D eigenvalue weighted by Gasteiger charge is 2.40. The number of hydrogen-bond donors (Lipinski definition) is 2. The largest absolute Gasteiger partial charge is 0.409 e. The zero-order chi connectivity index (χ0) is 15.6. The molecule has 0 bridgehead atoms. The van der Waals surface area contributed by atoms with Gasteiger partial charge in [0.25, 0.3) is 0 Å². The number of nitrogens with two attached hydrogens (primary N) is 1. The average molecular weight is 355 g/mol. The molecule has 21 heavy (non-hydrogen) atoms. The van der Waals surface area contributed by atoms with Gasteiger partial charge in [0.15, 0.2) is 5.84 Å². The van der Waals surface area contributed by atoms with E-state index >= 15 is 0 Å². The summed E-state index contributed by atoms with van der Waals surface area (Å²) in [6.07, 6.45) is 3.69. The molecule has 1 fully saturated rings. The molecular formula is C15H23BrN4O. The number of nitrogens with zero attached hydrogens (tertiary/aromatic N) is 3.